The molecule has 2 aromatic carbocycles. The van der Waals surface area contributed by atoms with E-state index in [0.29, 0.717) is 35.7 Å². The molecule has 0 saturated heterocycles. The molecule has 0 N–H and O–H groups in total. The van der Waals surface area contributed by atoms with Gasteiger partial charge >= 0.3 is 11.6 Å². The van der Waals surface area contributed by atoms with Gasteiger partial charge in [-0.25, -0.2) is 14.6 Å². The van der Waals surface area contributed by atoms with E-state index >= 15 is 0 Å². The highest BCUT2D eigenvalue weighted by Crippen LogP contribution is 2.24. The third-order valence-corrected chi connectivity index (χ3v) is 5.34. The van der Waals surface area contributed by atoms with Gasteiger partial charge in [-0.1, -0.05) is 13.0 Å². The first kappa shape index (κ1) is 19.8. The molecular formula is C23H19NO5S. The van der Waals surface area contributed by atoms with E-state index in [2.05, 4.69) is 4.98 Å². The molecule has 0 aliphatic heterocycles. The van der Waals surface area contributed by atoms with Crippen LogP contribution in [0.3, 0.4) is 0 Å². The van der Waals surface area contributed by atoms with Gasteiger partial charge in [-0.15, -0.1) is 11.3 Å². The van der Waals surface area contributed by atoms with Crippen LogP contribution < -0.4 is 15.1 Å². The highest BCUT2D eigenvalue weighted by atomic mass is 32.1. The van der Waals surface area contributed by atoms with Crippen LogP contribution in [-0.2, 0) is 13.0 Å². The van der Waals surface area contributed by atoms with Gasteiger partial charge in [0.2, 0.25) is 0 Å². The molecule has 152 valence electrons. The van der Waals surface area contributed by atoms with Gasteiger partial charge in [0.25, 0.3) is 0 Å². The summed E-state index contributed by atoms with van der Waals surface area (Å²) in [5.74, 6) is 0.318. The summed E-state index contributed by atoms with van der Waals surface area (Å²) in [6.45, 7) is 4.23. The first-order valence-electron chi connectivity index (χ1n) is 9.44. The van der Waals surface area contributed by atoms with Crippen LogP contribution >= 0.6 is 11.3 Å². The summed E-state index contributed by atoms with van der Waals surface area (Å²) in [5, 5.41) is 3.74. The Bertz CT molecular complexity index is 1270. The number of fused-ring (bicyclic) bond motifs is 1. The van der Waals surface area contributed by atoms with E-state index in [1.807, 2.05) is 19.2 Å². The second-order valence-electron chi connectivity index (χ2n) is 6.67. The van der Waals surface area contributed by atoms with Gasteiger partial charge in [-0.3, -0.25) is 0 Å². The number of aryl methyl sites for hydroxylation is 2. The van der Waals surface area contributed by atoms with Gasteiger partial charge in [0.1, 0.15) is 23.7 Å². The number of carbonyl (C=O) groups excluding carboxylic acids is 1. The molecule has 7 heteroatoms. The minimum Gasteiger partial charge on any atom is -0.487 e. The highest BCUT2D eigenvalue weighted by Gasteiger charge is 2.12. The lowest BCUT2D eigenvalue weighted by Crippen LogP contribution is -2.09. The van der Waals surface area contributed by atoms with Crippen LogP contribution in [0.25, 0.3) is 11.0 Å². The number of rotatable bonds is 6. The number of thiazole rings is 1. The summed E-state index contributed by atoms with van der Waals surface area (Å²) < 4.78 is 16.5. The van der Waals surface area contributed by atoms with Gasteiger partial charge in [-0.2, -0.15) is 0 Å². The second kappa shape index (κ2) is 8.51. The molecule has 0 radical (unpaired) electrons. The summed E-state index contributed by atoms with van der Waals surface area (Å²) in [6, 6.07) is 13.3. The van der Waals surface area contributed by atoms with Crippen molar-refractivity contribution in [1.82, 2.24) is 4.98 Å². The van der Waals surface area contributed by atoms with Crippen LogP contribution in [0.4, 0.5) is 0 Å². The topological polar surface area (TPSA) is 78.6 Å². The largest absolute Gasteiger partial charge is 0.487 e. The molecule has 4 rings (SSSR count). The SMILES string of the molecule is CCc1cc(=O)oc2cc(OC(=O)c3cccc(OCc4csc(C)n4)c3)ccc12. The van der Waals surface area contributed by atoms with E-state index < -0.39 is 11.6 Å². The zero-order valence-electron chi connectivity index (χ0n) is 16.5. The minimum absolute atomic E-state index is 0.299. The lowest BCUT2D eigenvalue weighted by atomic mass is 10.1. The number of esters is 1. The number of hydrogen-bond donors (Lipinski definition) is 0. The van der Waals surface area contributed by atoms with Crippen molar-refractivity contribution in [3.63, 3.8) is 0 Å². The average Bonchev–Trinajstić information content (AvgIpc) is 3.16. The summed E-state index contributed by atoms with van der Waals surface area (Å²) in [4.78, 5) is 28.7. The summed E-state index contributed by atoms with van der Waals surface area (Å²) in [7, 11) is 0. The number of hydrogen-bond acceptors (Lipinski definition) is 7. The van der Waals surface area contributed by atoms with Crippen LogP contribution in [0.2, 0.25) is 0 Å². The van der Waals surface area contributed by atoms with Gasteiger partial charge in [0.05, 0.1) is 16.3 Å². The summed E-state index contributed by atoms with van der Waals surface area (Å²) >= 11 is 1.56. The third-order valence-electron chi connectivity index (χ3n) is 4.52. The fourth-order valence-corrected chi connectivity index (χ4v) is 3.67. The van der Waals surface area contributed by atoms with Crippen LogP contribution in [0, 0.1) is 6.92 Å². The molecule has 0 aliphatic carbocycles. The van der Waals surface area contributed by atoms with Crippen molar-refractivity contribution in [1.29, 1.82) is 0 Å². The molecule has 0 amide bonds. The number of aromatic nitrogens is 1. The first-order chi connectivity index (χ1) is 14.5. The Kier molecular flexibility index (Phi) is 5.63. The smallest absolute Gasteiger partial charge is 0.343 e. The van der Waals surface area contributed by atoms with Crippen LogP contribution in [-0.4, -0.2) is 11.0 Å². The molecule has 0 saturated carbocycles. The fourth-order valence-electron chi connectivity index (χ4n) is 3.08. The zero-order valence-corrected chi connectivity index (χ0v) is 17.3. The van der Waals surface area contributed by atoms with Gasteiger partial charge in [0, 0.05) is 22.9 Å². The molecule has 4 aromatic rings. The Balaban J connectivity index is 1.50. The number of benzene rings is 2. The molecule has 0 atom stereocenters. The fraction of sp³-hybridized carbons (Fsp3) is 0.174. The first-order valence-corrected chi connectivity index (χ1v) is 10.3. The van der Waals surface area contributed by atoms with Crippen molar-refractivity contribution in [2.75, 3.05) is 0 Å². The van der Waals surface area contributed by atoms with Crippen LogP contribution in [0.15, 0.2) is 63.1 Å². The molecule has 0 bridgehead atoms. The zero-order chi connectivity index (χ0) is 21.1. The monoisotopic (exact) mass is 421 g/mol. The molecule has 6 nitrogen and oxygen atoms in total. The molecule has 0 unspecified atom stereocenters. The van der Waals surface area contributed by atoms with Crippen molar-refractivity contribution < 1.29 is 18.7 Å². The third kappa shape index (κ3) is 4.41. The van der Waals surface area contributed by atoms with Gasteiger partial charge < -0.3 is 13.9 Å². The Morgan fingerprint density at radius 1 is 1.13 bits per heavy atom. The van der Waals surface area contributed by atoms with Gasteiger partial charge in [0.15, 0.2) is 0 Å². The molecule has 30 heavy (non-hydrogen) atoms. The molecule has 0 spiro atoms. The van der Waals surface area contributed by atoms with Gasteiger partial charge in [-0.05, 0) is 49.2 Å². The Morgan fingerprint density at radius 2 is 2.00 bits per heavy atom. The normalized spacial score (nSPS) is 10.9. The number of nitrogens with zero attached hydrogens (tertiary/aromatic N) is 1. The second-order valence-corrected chi connectivity index (χ2v) is 7.73. The van der Waals surface area contributed by atoms with E-state index in [4.69, 9.17) is 13.9 Å². The highest BCUT2D eigenvalue weighted by molar-refractivity contribution is 7.09. The van der Waals surface area contributed by atoms with E-state index in [1.165, 1.54) is 6.07 Å². The Labute approximate surface area is 176 Å². The maximum Gasteiger partial charge on any atom is 0.343 e. The maximum absolute atomic E-state index is 12.6. The maximum atomic E-state index is 12.6. The molecule has 2 heterocycles. The lowest BCUT2D eigenvalue weighted by Gasteiger charge is -2.08. The number of ether oxygens (including phenoxy) is 2. The molecular weight excluding hydrogens is 402 g/mol. The van der Waals surface area contributed by atoms with E-state index in [9.17, 15) is 9.59 Å². The standard InChI is InChI=1S/C23H19NO5S/c1-3-15-10-22(25)29-21-11-19(7-8-20(15)21)28-23(26)16-5-4-6-18(9-16)27-12-17-13-30-14(2)24-17/h4-11,13H,3,12H2,1-2H3. The summed E-state index contributed by atoms with van der Waals surface area (Å²) in [6.07, 6.45) is 0.703. The van der Waals surface area contributed by atoms with E-state index in [0.717, 1.165) is 21.7 Å². The Hall–Kier alpha value is -3.45. The Morgan fingerprint density at radius 3 is 2.77 bits per heavy atom. The van der Waals surface area contributed by atoms with E-state index in [1.54, 1.807) is 53.8 Å². The van der Waals surface area contributed by atoms with Crippen molar-refractivity contribution in [2.45, 2.75) is 26.9 Å². The van der Waals surface area contributed by atoms with Crippen LogP contribution in [0.5, 0.6) is 11.5 Å². The average molecular weight is 421 g/mol. The van der Waals surface area contributed by atoms with Crippen molar-refractivity contribution >= 4 is 28.3 Å². The lowest BCUT2D eigenvalue weighted by molar-refractivity contribution is 0.0734. The van der Waals surface area contributed by atoms with Crippen molar-refractivity contribution in [2.24, 2.45) is 0 Å². The predicted octanol–water partition coefficient (Wildman–Crippen LogP) is 4.92. The molecule has 0 fully saturated rings. The van der Waals surface area contributed by atoms with E-state index in [-0.39, 0.29) is 0 Å². The number of carbonyl (C=O) groups is 1. The van der Waals surface area contributed by atoms with Crippen molar-refractivity contribution in [3.8, 4) is 11.5 Å². The molecule has 2 aromatic heterocycles. The van der Waals surface area contributed by atoms with Crippen LogP contribution in [0.1, 0.15) is 33.5 Å². The van der Waals surface area contributed by atoms with Crippen molar-refractivity contribution in [3.05, 3.63) is 86.2 Å². The summed E-state index contributed by atoms with van der Waals surface area (Å²) in [5.41, 5.74) is 2.04. The predicted molar refractivity (Wildman–Crippen MR) is 114 cm³/mol. The minimum atomic E-state index is -0.529. The molecule has 0 aliphatic rings. The quantitative estimate of drug-likeness (QED) is 0.250.